The quantitative estimate of drug-likeness (QED) is 0.823. The van der Waals surface area contributed by atoms with E-state index < -0.39 is 6.10 Å². The van der Waals surface area contributed by atoms with Crippen molar-refractivity contribution in [3.63, 3.8) is 0 Å². The summed E-state index contributed by atoms with van der Waals surface area (Å²) in [6.45, 7) is 6.71. The molecule has 0 aliphatic heterocycles. The summed E-state index contributed by atoms with van der Waals surface area (Å²) in [6, 6.07) is 9.56. The van der Waals surface area contributed by atoms with Crippen LogP contribution in [0, 0.1) is 6.92 Å². The van der Waals surface area contributed by atoms with Crippen molar-refractivity contribution in [3.05, 3.63) is 47.9 Å². The van der Waals surface area contributed by atoms with Crippen molar-refractivity contribution in [1.82, 2.24) is 9.97 Å². The molecule has 0 saturated carbocycles. The van der Waals surface area contributed by atoms with Crippen molar-refractivity contribution in [2.75, 3.05) is 18.5 Å². The molecule has 1 heterocycles. The number of hydrogen-bond donors (Lipinski definition) is 2. The Hall–Kier alpha value is -2.14. The van der Waals surface area contributed by atoms with E-state index in [-0.39, 0.29) is 12.5 Å². The molecule has 1 aromatic heterocycles. The van der Waals surface area contributed by atoms with E-state index in [9.17, 15) is 5.11 Å². The number of aliphatic hydroxyl groups is 1. The fourth-order valence-corrected chi connectivity index (χ4v) is 1.93. The molecule has 0 fully saturated rings. The van der Waals surface area contributed by atoms with Crippen LogP contribution >= 0.6 is 0 Å². The van der Waals surface area contributed by atoms with Gasteiger partial charge in [-0.3, -0.25) is 0 Å². The predicted molar refractivity (Wildman–Crippen MR) is 87.3 cm³/mol. The SMILES string of the molecule is Cc1cccc(OCC(O)CNc2ccnc(C(C)C)n2)c1. The van der Waals surface area contributed by atoms with E-state index in [4.69, 9.17) is 4.74 Å². The van der Waals surface area contributed by atoms with Crippen molar-refractivity contribution < 1.29 is 9.84 Å². The van der Waals surface area contributed by atoms with E-state index >= 15 is 0 Å². The zero-order valence-corrected chi connectivity index (χ0v) is 13.3. The van der Waals surface area contributed by atoms with Crippen LogP contribution < -0.4 is 10.1 Å². The summed E-state index contributed by atoms with van der Waals surface area (Å²) in [5, 5.41) is 13.1. The minimum Gasteiger partial charge on any atom is -0.491 e. The number of aliphatic hydroxyl groups excluding tert-OH is 1. The maximum atomic E-state index is 9.99. The van der Waals surface area contributed by atoms with Gasteiger partial charge in [0.25, 0.3) is 0 Å². The molecule has 0 aliphatic carbocycles. The number of benzene rings is 1. The largest absolute Gasteiger partial charge is 0.491 e. The maximum Gasteiger partial charge on any atom is 0.133 e. The van der Waals surface area contributed by atoms with Crippen LogP contribution in [0.15, 0.2) is 36.5 Å². The first-order valence-electron chi connectivity index (χ1n) is 7.49. The molecule has 0 radical (unpaired) electrons. The molecule has 0 aliphatic rings. The Bertz CT molecular complexity index is 602. The van der Waals surface area contributed by atoms with Gasteiger partial charge in [-0.2, -0.15) is 0 Å². The number of aryl methyl sites for hydroxylation is 1. The topological polar surface area (TPSA) is 67.3 Å². The Morgan fingerprint density at radius 2 is 2.09 bits per heavy atom. The molecule has 0 amide bonds. The normalized spacial score (nSPS) is 12.2. The molecule has 5 heteroatoms. The van der Waals surface area contributed by atoms with Crippen molar-refractivity contribution >= 4 is 5.82 Å². The Balaban J connectivity index is 1.80. The van der Waals surface area contributed by atoms with Crippen LogP contribution in [0.25, 0.3) is 0 Å². The smallest absolute Gasteiger partial charge is 0.133 e. The molecule has 2 rings (SSSR count). The highest BCUT2D eigenvalue weighted by atomic mass is 16.5. The molecule has 5 nitrogen and oxygen atoms in total. The van der Waals surface area contributed by atoms with Crippen LogP contribution in [0.2, 0.25) is 0 Å². The lowest BCUT2D eigenvalue weighted by Gasteiger charge is -2.14. The van der Waals surface area contributed by atoms with Crippen molar-refractivity contribution in [1.29, 1.82) is 0 Å². The number of aromatic nitrogens is 2. The summed E-state index contributed by atoms with van der Waals surface area (Å²) >= 11 is 0. The number of ether oxygens (including phenoxy) is 1. The van der Waals surface area contributed by atoms with Crippen molar-refractivity contribution in [3.8, 4) is 5.75 Å². The number of anilines is 1. The molecule has 0 bridgehead atoms. The summed E-state index contributed by atoms with van der Waals surface area (Å²) in [6.07, 6.45) is 1.11. The van der Waals surface area contributed by atoms with E-state index in [0.717, 1.165) is 17.1 Å². The Kier molecular flexibility index (Phi) is 5.72. The first-order valence-corrected chi connectivity index (χ1v) is 7.49. The number of rotatable bonds is 7. The number of nitrogens with one attached hydrogen (secondary N) is 1. The third-order valence-electron chi connectivity index (χ3n) is 3.14. The summed E-state index contributed by atoms with van der Waals surface area (Å²) in [5.74, 6) is 2.54. The van der Waals surface area contributed by atoms with Crippen LogP contribution in [0.3, 0.4) is 0 Å². The monoisotopic (exact) mass is 301 g/mol. The van der Waals surface area contributed by atoms with Gasteiger partial charge in [-0.25, -0.2) is 9.97 Å². The average Bonchev–Trinajstić information content (AvgIpc) is 2.51. The molecule has 1 aromatic carbocycles. The highest BCUT2D eigenvalue weighted by molar-refractivity contribution is 5.33. The minimum atomic E-state index is -0.613. The molecule has 0 saturated heterocycles. The first kappa shape index (κ1) is 16.2. The molecular formula is C17H23N3O2. The fourth-order valence-electron chi connectivity index (χ4n) is 1.93. The second-order valence-corrected chi connectivity index (χ2v) is 5.62. The highest BCUT2D eigenvalue weighted by Gasteiger charge is 2.08. The van der Waals surface area contributed by atoms with Gasteiger partial charge < -0.3 is 15.2 Å². The molecule has 22 heavy (non-hydrogen) atoms. The summed E-state index contributed by atoms with van der Waals surface area (Å²) in [7, 11) is 0. The van der Waals surface area contributed by atoms with Gasteiger partial charge in [-0.1, -0.05) is 26.0 Å². The lowest BCUT2D eigenvalue weighted by atomic mass is 10.2. The van der Waals surface area contributed by atoms with Gasteiger partial charge in [-0.15, -0.1) is 0 Å². The molecule has 2 aromatic rings. The highest BCUT2D eigenvalue weighted by Crippen LogP contribution is 2.13. The van der Waals surface area contributed by atoms with Crippen LogP contribution in [0.4, 0.5) is 5.82 Å². The molecule has 1 atom stereocenters. The third kappa shape index (κ3) is 5.00. The number of hydrogen-bond acceptors (Lipinski definition) is 5. The van der Waals surface area contributed by atoms with Crippen LogP contribution in [-0.2, 0) is 0 Å². The first-order chi connectivity index (χ1) is 10.5. The lowest BCUT2D eigenvalue weighted by molar-refractivity contribution is 0.117. The van der Waals surface area contributed by atoms with Gasteiger partial charge in [0.1, 0.15) is 30.1 Å². The van der Waals surface area contributed by atoms with Crippen LogP contribution in [-0.4, -0.2) is 34.3 Å². The Morgan fingerprint density at radius 3 is 2.82 bits per heavy atom. The third-order valence-corrected chi connectivity index (χ3v) is 3.14. The minimum absolute atomic E-state index is 0.235. The van der Waals surface area contributed by atoms with Gasteiger partial charge in [0.05, 0.1) is 0 Å². The molecule has 1 unspecified atom stereocenters. The zero-order valence-electron chi connectivity index (χ0n) is 13.3. The Labute approximate surface area is 131 Å². The van der Waals surface area contributed by atoms with E-state index in [2.05, 4.69) is 15.3 Å². The molecule has 118 valence electrons. The van der Waals surface area contributed by atoms with E-state index in [1.54, 1.807) is 12.3 Å². The molecule has 0 spiro atoms. The standard InChI is InChI=1S/C17H23N3O2/c1-12(2)17-18-8-7-16(20-17)19-10-14(21)11-22-15-6-4-5-13(3)9-15/h4-9,12,14,21H,10-11H2,1-3H3,(H,18,19,20). The van der Waals surface area contributed by atoms with Gasteiger partial charge >= 0.3 is 0 Å². The van der Waals surface area contributed by atoms with Gasteiger partial charge in [0.15, 0.2) is 0 Å². The lowest BCUT2D eigenvalue weighted by Crippen LogP contribution is -2.26. The van der Waals surface area contributed by atoms with Gasteiger partial charge in [0.2, 0.25) is 0 Å². The fraction of sp³-hybridized carbons (Fsp3) is 0.412. The molecule has 2 N–H and O–H groups in total. The second-order valence-electron chi connectivity index (χ2n) is 5.62. The van der Waals surface area contributed by atoms with E-state index in [1.165, 1.54) is 0 Å². The van der Waals surface area contributed by atoms with Gasteiger partial charge in [-0.05, 0) is 30.7 Å². The average molecular weight is 301 g/mol. The van der Waals surface area contributed by atoms with E-state index in [1.807, 2.05) is 45.0 Å². The van der Waals surface area contributed by atoms with E-state index in [0.29, 0.717) is 12.4 Å². The maximum absolute atomic E-state index is 9.99. The van der Waals surface area contributed by atoms with Crippen LogP contribution in [0.5, 0.6) is 5.75 Å². The summed E-state index contributed by atoms with van der Waals surface area (Å²) in [4.78, 5) is 8.61. The van der Waals surface area contributed by atoms with Crippen LogP contribution in [0.1, 0.15) is 31.2 Å². The van der Waals surface area contributed by atoms with Gasteiger partial charge in [0, 0.05) is 18.7 Å². The second kappa shape index (κ2) is 7.75. The number of nitrogens with zero attached hydrogens (tertiary/aromatic N) is 2. The zero-order chi connectivity index (χ0) is 15.9. The van der Waals surface area contributed by atoms with Crippen molar-refractivity contribution in [2.45, 2.75) is 32.8 Å². The summed E-state index contributed by atoms with van der Waals surface area (Å²) in [5.41, 5.74) is 1.13. The molecular weight excluding hydrogens is 278 g/mol. The Morgan fingerprint density at radius 1 is 1.27 bits per heavy atom. The van der Waals surface area contributed by atoms with Crippen molar-refractivity contribution in [2.24, 2.45) is 0 Å². The summed E-state index contributed by atoms with van der Waals surface area (Å²) < 4.78 is 5.58. The predicted octanol–water partition coefficient (Wildman–Crippen LogP) is 2.76.